The molecule has 0 bridgehead atoms. The number of hydrogen-bond donors (Lipinski definition) is 2. The number of nitrogens with one attached hydrogen (secondary N) is 2. The first-order valence-corrected chi connectivity index (χ1v) is 12.4. The summed E-state index contributed by atoms with van der Waals surface area (Å²) >= 11 is 6.76. The van der Waals surface area contributed by atoms with Crippen molar-refractivity contribution < 1.29 is 18.3 Å². The van der Waals surface area contributed by atoms with Gasteiger partial charge < -0.3 is 15.4 Å². The van der Waals surface area contributed by atoms with Crippen molar-refractivity contribution in [3.63, 3.8) is 0 Å². The highest BCUT2D eigenvalue weighted by molar-refractivity contribution is 6.33. The van der Waals surface area contributed by atoms with Crippen molar-refractivity contribution in [1.82, 2.24) is 30.0 Å². The van der Waals surface area contributed by atoms with Gasteiger partial charge in [-0.05, 0) is 31.9 Å². The molecular formula is C26H24ClF2N7O2. The Morgan fingerprint density at radius 3 is 2.66 bits per heavy atom. The second-order valence-electron chi connectivity index (χ2n) is 8.67. The Morgan fingerprint density at radius 2 is 1.97 bits per heavy atom. The van der Waals surface area contributed by atoms with E-state index in [1.165, 1.54) is 24.1 Å². The second kappa shape index (κ2) is 10.7. The third-order valence-corrected chi connectivity index (χ3v) is 6.42. The summed E-state index contributed by atoms with van der Waals surface area (Å²) < 4.78 is 36.4. The molecule has 0 spiro atoms. The van der Waals surface area contributed by atoms with Crippen molar-refractivity contribution in [1.29, 1.82) is 0 Å². The van der Waals surface area contributed by atoms with Gasteiger partial charge in [-0.15, -0.1) is 0 Å². The normalized spacial score (nSPS) is 12.9. The van der Waals surface area contributed by atoms with Gasteiger partial charge in [0.2, 0.25) is 0 Å². The number of ether oxygens (including phenoxy) is 1. The molecule has 1 aliphatic rings. The topological polar surface area (TPSA) is 107 Å². The number of rotatable bonds is 9. The molecule has 4 aromatic rings. The van der Waals surface area contributed by atoms with Crippen LogP contribution in [0.5, 0.6) is 5.75 Å². The summed E-state index contributed by atoms with van der Waals surface area (Å²) in [5, 5.41) is 10.6. The van der Waals surface area contributed by atoms with E-state index < -0.39 is 11.6 Å². The van der Waals surface area contributed by atoms with Gasteiger partial charge in [-0.1, -0.05) is 11.6 Å². The average molecular weight is 540 g/mol. The Morgan fingerprint density at radius 1 is 1.21 bits per heavy atom. The van der Waals surface area contributed by atoms with E-state index in [-0.39, 0.29) is 35.5 Å². The summed E-state index contributed by atoms with van der Waals surface area (Å²) in [6.07, 6.45) is 6.32. The van der Waals surface area contributed by atoms with Gasteiger partial charge in [-0.2, -0.15) is 5.10 Å². The molecule has 0 saturated heterocycles. The van der Waals surface area contributed by atoms with Gasteiger partial charge >= 0.3 is 0 Å². The van der Waals surface area contributed by atoms with Gasteiger partial charge in [0, 0.05) is 49.3 Å². The highest BCUT2D eigenvalue weighted by atomic mass is 35.5. The van der Waals surface area contributed by atoms with E-state index in [1.54, 1.807) is 25.3 Å². The fourth-order valence-corrected chi connectivity index (χ4v) is 4.47. The molecule has 0 aliphatic heterocycles. The highest BCUT2D eigenvalue weighted by Gasteiger charge is 2.33. The van der Waals surface area contributed by atoms with Crippen LogP contribution in [0.1, 0.15) is 47.3 Å². The predicted octanol–water partition coefficient (Wildman–Crippen LogP) is 5.09. The number of anilines is 2. The first-order chi connectivity index (χ1) is 18.4. The van der Waals surface area contributed by atoms with Crippen molar-refractivity contribution in [2.24, 2.45) is 0 Å². The minimum absolute atomic E-state index is 0.124. The minimum atomic E-state index is -0.727. The van der Waals surface area contributed by atoms with E-state index in [4.69, 9.17) is 16.3 Å². The SMILES string of the molecule is CCOc1cc(F)c(Cn2nc(-c3nccc(Nc4ccncc4C(=O)NC)n3)c(Cl)c2C2CC2)c(F)c1. The van der Waals surface area contributed by atoms with Crippen LogP contribution in [0.4, 0.5) is 20.3 Å². The molecule has 3 heterocycles. The molecule has 1 aliphatic carbocycles. The quantitative estimate of drug-likeness (QED) is 0.305. The number of amides is 1. The number of carbonyl (C=O) groups excluding carboxylic acids is 1. The summed E-state index contributed by atoms with van der Waals surface area (Å²) in [5.74, 6) is -0.882. The van der Waals surface area contributed by atoms with Gasteiger partial charge in [0.1, 0.15) is 28.9 Å². The molecule has 196 valence electrons. The third kappa shape index (κ3) is 5.14. The fourth-order valence-electron chi connectivity index (χ4n) is 4.09. The van der Waals surface area contributed by atoms with E-state index in [0.717, 1.165) is 25.0 Å². The lowest BCUT2D eigenvalue weighted by molar-refractivity contribution is 0.0963. The minimum Gasteiger partial charge on any atom is -0.494 e. The molecule has 0 atom stereocenters. The molecule has 2 N–H and O–H groups in total. The lowest BCUT2D eigenvalue weighted by Gasteiger charge is -2.11. The van der Waals surface area contributed by atoms with Crippen molar-refractivity contribution in [3.05, 3.63) is 76.3 Å². The Balaban J connectivity index is 1.49. The van der Waals surface area contributed by atoms with E-state index in [9.17, 15) is 13.6 Å². The maximum absolute atomic E-state index is 14.8. The summed E-state index contributed by atoms with van der Waals surface area (Å²) in [7, 11) is 1.53. The van der Waals surface area contributed by atoms with Crippen LogP contribution >= 0.6 is 11.6 Å². The standard InChI is InChI=1S/C26H24ClF2N7O2/c1-3-38-15-10-18(28)17(19(29)11-15)13-36-24(14-4-5-14)22(27)23(35-36)25-32-9-7-21(34-25)33-20-6-8-31-12-16(20)26(37)30-2/h6-12,14H,3-5,13H2,1-2H3,(H,30,37)(H,31,32,33,34). The van der Waals surface area contributed by atoms with Crippen LogP contribution in [-0.4, -0.2) is 44.3 Å². The molecule has 12 heteroatoms. The number of halogens is 3. The van der Waals surface area contributed by atoms with Crippen molar-refractivity contribution in [2.45, 2.75) is 32.2 Å². The largest absolute Gasteiger partial charge is 0.494 e. The van der Waals surface area contributed by atoms with Crippen LogP contribution < -0.4 is 15.4 Å². The van der Waals surface area contributed by atoms with E-state index >= 15 is 0 Å². The number of nitrogens with zero attached hydrogens (tertiary/aromatic N) is 5. The lowest BCUT2D eigenvalue weighted by Crippen LogP contribution is -2.19. The molecule has 1 aromatic carbocycles. The van der Waals surface area contributed by atoms with Gasteiger partial charge in [0.15, 0.2) is 5.82 Å². The van der Waals surface area contributed by atoms with Crippen LogP contribution in [0.25, 0.3) is 11.5 Å². The zero-order valence-corrected chi connectivity index (χ0v) is 21.4. The Kier molecular flexibility index (Phi) is 7.19. The Labute approximate surface area is 222 Å². The number of aromatic nitrogens is 5. The third-order valence-electron chi connectivity index (χ3n) is 6.05. The number of carbonyl (C=O) groups is 1. The summed E-state index contributed by atoms with van der Waals surface area (Å²) in [6.45, 7) is 1.88. The van der Waals surface area contributed by atoms with Gasteiger partial charge in [0.05, 0.1) is 35.1 Å². The maximum atomic E-state index is 14.8. The molecule has 1 amide bonds. The monoisotopic (exact) mass is 539 g/mol. The van der Waals surface area contributed by atoms with Crippen molar-refractivity contribution in [3.8, 4) is 17.3 Å². The molecule has 1 saturated carbocycles. The predicted molar refractivity (Wildman–Crippen MR) is 138 cm³/mol. The van der Waals surface area contributed by atoms with Gasteiger partial charge in [-0.25, -0.2) is 18.7 Å². The van der Waals surface area contributed by atoms with Crippen LogP contribution in [0.2, 0.25) is 5.02 Å². The van der Waals surface area contributed by atoms with Crippen LogP contribution in [-0.2, 0) is 6.54 Å². The zero-order valence-electron chi connectivity index (χ0n) is 20.6. The molecule has 38 heavy (non-hydrogen) atoms. The van der Waals surface area contributed by atoms with Crippen molar-refractivity contribution >= 4 is 29.0 Å². The fraction of sp³-hybridized carbons (Fsp3) is 0.269. The molecule has 1 fully saturated rings. The van der Waals surface area contributed by atoms with Gasteiger partial charge in [-0.3, -0.25) is 14.5 Å². The second-order valence-corrected chi connectivity index (χ2v) is 9.05. The molecule has 3 aromatic heterocycles. The lowest BCUT2D eigenvalue weighted by atomic mass is 10.1. The molecule has 0 unspecified atom stereocenters. The van der Waals surface area contributed by atoms with E-state index in [0.29, 0.717) is 40.1 Å². The van der Waals surface area contributed by atoms with E-state index in [2.05, 4.69) is 30.7 Å². The van der Waals surface area contributed by atoms with E-state index in [1.807, 2.05) is 0 Å². The van der Waals surface area contributed by atoms with Crippen LogP contribution in [0.3, 0.4) is 0 Å². The molecule has 9 nitrogen and oxygen atoms in total. The maximum Gasteiger partial charge on any atom is 0.254 e. The summed E-state index contributed by atoms with van der Waals surface area (Å²) in [4.78, 5) is 25.1. The number of hydrogen-bond acceptors (Lipinski definition) is 7. The van der Waals surface area contributed by atoms with Gasteiger partial charge in [0.25, 0.3) is 5.91 Å². The zero-order chi connectivity index (χ0) is 26.8. The first kappa shape index (κ1) is 25.5. The highest BCUT2D eigenvalue weighted by Crippen LogP contribution is 2.46. The van der Waals surface area contributed by atoms with Crippen LogP contribution in [0, 0.1) is 11.6 Å². The first-order valence-electron chi connectivity index (χ1n) is 12.0. The number of pyridine rings is 1. The summed E-state index contributed by atoms with van der Waals surface area (Å²) in [6, 6.07) is 5.61. The average Bonchev–Trinajstić information content (AvgIpc) is 3.69. The Hall–Kier alpha value is -4.12. The molecule has 0 radical (unpaired) electrons. The smallest absolute Gasteiger partial charge is 0.254 e. The molecular weight excluding hydrogens is 516 g/mol. The summed E-state index contributed by atoms with van der Waals surface area (Å²) in [5.41, 5.74) is 1.68. The van der Waals surface area contributed by atoms with Crippen LogP contribution in [0.15, 0.2) is 42.9 Å². The number of benzene rings is 1. The van der Waals surface area contributed by atoms with Crippen molar-refractivity contribution in [2.75, 3.05) is 19.0 Å². The Bertz CT molecular complexity index is 1480. The molecule has 5 rings (SSSR count).